The highest BCUT2D eigenvalue weighted by Crippen LogP contribution is 2.23. The van der Waals surface area contributed by atoms with E-state index in [4.69, 9.17) is 11.6 Å². The van der Waals surface area contributed by atoms with E-state index in [-0.39, 0.29) is 0 Å². The van der Waals surface area contributed by atoms with Gasteiger partial charge in [-0.2, -0.15) is 5.26 Å². The molecule has 0 radical (unpaired) electrons. The number of hydrogen-bond donors (Lipinski definition) is 0. The molecular weight excluding hydrogens is 304 g/mol. The van der Waals surface area contributed by atoms with Gasteiger partial charge in [-0.25, -0.2) is 0 Å². The molecule has 1 aliphatic heterocycles. The molecule has 1 aliphatic rings. The van der Waals surface area contributed by atoms with Crippen LogP contribution in [0.15, 0.2) is 48.5 Å². The fourth-order valence-corrected chi connectivity index (χ4v) is 3.04. The van der Waals surface area contributed by atoms with Crippen molar-refractivity contribution in [2.45, 2.75) is 19.3 Å². The van der Waals surface area contributed by atoms with E-state index in [9.17, 15) is 5.26 Å². The summed E-state index contributed by atoms with van der Waals surface area (Å²) in [7, 11) is 0. The summed E-state index contributed by atoms with van der Waals surface area (Å²) in [6.45, 7) is 2.28. The van der Waals surface area contributed by atoms with Gasteiger partial charge >= 0.3 is 0 Å². The minimum Gasteiger partial charge on any atom is -0.372 e. The van der Waals surface area contributed by atoms with E-state index in [2.05, 4.69) is 35.2 Å². The molecule has 3 heteroatoms. The van der Waals surface area contributed by atoms with E-state index in [1.807, 2.05) is 30.3 Å². The first-order valence-corrected chi connectivity index (χ1v) is 8.37. The lowest BCUT2D eigenvalue weighted by molar-refractivity contribution is 0.578. The SMILES string of the molecule is N#C/C(=C\c1ccc(N2CCCCC2)cc1)c1ccc(Cl)cc1. The summed E-state index contributed by atoms with van der Waals surface area (Å²) in [5.41, 5.74) is 3.84. The number of benzene rings is 2. The molecule has 0 saturated carbocycles. The number of allylic oxidation sites excluding steroid dienone is 1. The number of hydrogen-bond acceptors (Lipinski definition) is 2. The topological polar surface area (TPSA) is 27.0 Å². The van der Waals surface area contributed by atoms with Crippen LogP contribution in [0.1, 0.15) is 30.4 Å². The lowest BCUT2D eigenvalue weighted by Crippen LogP contribution is -2.29. The lowest BCUT2D eigenvalue weighted by atomic mass is 10.0. The van der Waals surface area contributed by atoms with Crippen LogP contribution in [-0.4, -0.2) is 13.1 Å². The van der Waals surface area contributed by atoms with Gasteiger partial charge in [0, 0.05) is 23.8 Å². The third kappa shape index (κ3) is 3.94. The maximum Gasteiger partial charge on any atom is 0.0998 e. The van der Waals surface area contributed by atoms with Crippen LogP contribution >= 0.6 is 11.6 Å². The number of rotatable bonds is 3. The van der Waals surface area contributed by atoms with Crippen LogP contribution in [0.5, 0.6) is 0 Å². The molecule has 0 unspecified atom stereocenters. The van der Waals surface area contributed by atoms with Crippen molar-refractivity contribution in [2.75, 3.05) is 18.0 Å². The first kappa shape index (κ1) is 15.6. The van der Waals surface area contributed by atoms with Crippen LogP contribution in [0.4, 0.5) is 5.69 Å². The molecule has 1 heterocycles. The van der Waals surface area contributed by atoms with Crippen molar-refractivity contribution < 1.29 is 0 Å². The Labute approximate surface area is 142 Å². The van der Waals surface area contributed by atoms with E-state index < -0.39 is 0 Å². The second-order valence-corrected chi connectivity index (χ2v) is 6.25. The van der Waals surface area contributed by atoms with Gasteiger partial charge in [-0.15, -0.1) is 0 Å². The van der Waals surface area contributed by atoms with Crippen LogP contribution in [0.3, 0.4) is 0 Å². The monoisotopic (exact) mass is 322 g/mol. The highest BCUT2D eigenvalue weighted by atomic mass is 35.5. The van der Waals surface area contributed by atoms with E-state index in [0.717, 1.165) is 24.2 Å². The molecule has 0 aromatic heterocycles. The highest BCUT2D eigenvalue weighted by Gasteiger charge is 2.10. The van der Waals surface area contributed by atoms with Gasteiger partial charge in [-0.3, -0.25) is 0 Å². The van der Waals surface area contributed by atoms with E-state index in [0.29, 0.717) is 10.6 Å². The maximum absolute atomic E-state index is 9.41. The van der Waals surface area contributed by atoms with Crippen molar-refractivity contribution in [1.82, 2.24) is 0 Å². The fourth-order valence-electron chi connectivity index (χ4n) is 2.91. The van der Waals surface area contributed by atoms with Crippen LogP contribution < -0.4 is 4.90 Å². The predicted octanol–water partition coefficient (Wildman–Crippen LogP) is 5.39. The summed E-state index contributed by atoms with van der Waals surface area (Å²) >= 11 is 5.90. The Hall–Kier alpha value is -2.24. The average Bonchev–Trinajstić information content (AvgIpc) is 2.62. The van der Waals surface area contributed by atoms with Gasteiger partial charge < -0.3 is 4.90 Å². The lowest BCUT2D eigenvalue weighted by Gasteiger charge is -2.28. The average molecular weight is 323 g/mol. The summed E-state index contributed by atoms with van der Waals surface area (Å²) in [5.74, 6) is 0. The Bertz CT molecular complexity index is 718. The van der Waals surface area contributed by atoms with Crippen molar-refractivity contribution in [1.29, 1.82) is 5.26 Å². The molecule has 0 aliphatic carbocycles. The molecule has 0 atom stereocenters. The molecule has 23 heavy (non-hydrogen) atoms. The molecule has 0 spiro atoms. The largest absolute Gasteiger partial charge is 0.372 e. The molecule has 2 aromatic rings. The number of nitrogens with zero attached hydrogens (tertiary/aromatic N) is 2. The zero-order valence-corrected chi connectivity index (χ0v) is 13.8. The zero-order valence-electron chi connectivity index (χ0n) is 13.0. The van der Waals surface area contributed by atoms with Crippen molar-refractivity contribution in [3.8, 4) is 6.07 Å². The Balaban J connectivity index is 1.80. The van der Waals surface area contributed by atoms with E-state index >= 15 is 0 Å². The summed E-state index contributed by atoms with van der Waals surface area (Å²) in [5, 5.41) is 10.1. The third-order valence-corrected chi connectivity index (χ3v) is 4.45. The molecule has 2 aromatic carbocycles. The van der Waals surface area contributed by atoms with Gasteiger partial charge in [0.1, 0.15) is 0 Å². The normalized spacial score (nSPS) is 15.3. The number of anilines is 1. The molecular formula is C20H19ClN2. The Morgan fingerprint density at radius 3 is 2.22 bits per heavy atom. The van der Waals surface area contributed by atoms with E-state index in [1.165, 1.54) is 24.9 Å². The summed E-state index contributed by atoms with van der Waals surface area (Å²) in [6.07, 6.45) is 5.81. The number of piperidine rings is 1. The zero-order chi connectivity index (χ0) is 16.1. The Kier molecular flexibility index (Phi) is 5.00. The minimum atomic E-state index is 0.646. The number of nitriles is 1. The summed E-state index contributed by atoms with van der Waals surface area (Å²) in [4.78, 5) is 2.43. The standard InChI is InChI=1S/C20H19ClN2/c21-19-8-6-17(7-9-19)18(15-22)14-16-4-10-20(11-5-16)23-12-2-1-3-13-23/h4-11,14H,1-3,12-13H2/b18-14+. The van der Waals surface area contributed by atoms with Crippen molar-refractivity contribution in [3.05, 3.63) is 64.7 Å². The predicted molar refractivity (Wildman–Crippen MR) is 97.4 cm³/mol. The first-order chi connectivity index (χ1) is 11.3. The molecule has 2 nitrogen and oxygen atoms in total. The second-order valence-electron chi connectivity index (χ2n) is 5.82. The summed E-state index contributed by atoms with van der Waals surface area (Å²) < 4.78 is 0. The fraction of sp³-hybridized carbons (Fsp3) is 0.250. The molecule has 1 fully saturated rings. The van der Waals surface area contributed by atoms with Crippen LogP contribution in [0, 0.1) is 11.3 Å². The van der Waals surface area contributed by atoms with Gasteiger partial charge in [0.05, 0.1) is 11.6 Å². The van der Waals surface area contributed by atoms with Gasteiger partial charge in [0.25, 0.3) is 0 Å². The Morgan fingerprint density at radius 1 is 0.957 bits per heavy atom. The smallest absolute Gasteiger partial charge is 0.0998 e. The van der Waals surface area contributed by atoms with E-state index in [1.54, 1.807) is 0 Å². The quantitative estimate of drug-likeness (QED) is 0.559. The maximum atomic E-state index is 9.41. The molecule has 0 N–H and O–H groups in total. The van der Waals surface area contributed by atoms with Gasteiger partial charge in [-0.1, -0.05) is 35.9 Å². The van der Waals surface area contributed by atoms with Crippen LogP contribution in [0.2, 0.25) is 5.02 Å². The minimum absolute atomic E-state index is 0.646. The van der Waals surface area contributed by atoms with Crippen molar-refractivity contribution in [3.63, 3.8) is 0 Å². The first-order valence-electron chi connectivity index (χ1n) is 7.99. The third-order valence-electron chi connectivity index (χ3n) is 4.20. The Morgan fingerprint density at radius 2 is 1.61 bits per heavy atom. The number of halogens is 1. The second kappa shape index (κ2) is 7.35. The van der Waals surface area contributed by atoms with Crippen LogP contribution in [0.25, 0.3) is 11.6 Å². The molecule has 1 saturated heterocycles. The summed E-state index contributed by atoms with van der Waals surface area (Å²) in [6, 6.07) is 18.1. The van der Waals surface area contributed by atoms with Crippen molar-refractivity contribution >= 4 is 28.9 Å². The van der Waals surface area contributed by atoms with Crippen LogP contribution in [-0.2, 0) is 0 Å². The molecule has 116 valence electrons. The van der Waals surface area contributed by atoms with Gasteiger partial charge in [0.15, 0.2) is 0 Å². The van der Waals surface area contributed by atoms with Gasteiger partial charge in [-0.05, 0) is 60.7 Å². The molecule has 3 rings (SSSR count). The molecule has 0 bridgehead atoms. The molecule has 0 amide bonds. The van der Waals surface area contributed by atoms with Gasteiger partial charge in [0.2, 0.25) is 0 Å². The van der Waals surface area contributed by atoms with Crippen molar-refractivity contribution in [2.24, 2.45) is 0 Å². The highest BCUT2D eigenvalue weighted by molar-refractivity contribution is 6.30.